The van der Waals surface area contributed by atoms with Gasteiger partial charge in [0.15, 0.2) is 0 Å². The molecule has 0 fully saturated rings. The van der Waals surface area contributed by atoms with Gasteiger partial charge in [-0.15, -0.1) is 9.66 Å². The van der Waals surface area contributed by atoms with Gasteiger partial charge in [0.2, 0.25) is 0 Å². The van der Waals surface area contributed by atoms with E-state index in [1.165, 1.54) is 29.1 Å². The highest BCUT2D eigenvalue weighted by molar-refractivity contribution is 7.87. The zero-order valence-corrected chi connectivity index (χ0v) is 9.32. The van der Waals surface area contributed by atoms with Crippen molar-refractivity contribution >= 4 is 20.6 Å². The normalized spacial score (nSPS) is 12.3. The molecule has 0 aliphatic heterocycles. The number of hydrogen-bond acceptors (Lipinski definition) is 5. The fraction of sp³-hybridized carbons (Fsp3) is 0. The van der Waals surface area contributed by atoms with Gasteiger partial charge < -0.3 is 4.18 Å². The average Bonchev–Trinajstić information content (AvgIpc) is 2.15. The van der Waals surface area contributed by atoms with Crippen LogP contribution in [0.25, 0.3) is 0 Å². The first-order valence-electron chi connectivity index (χ1n) is 3.79. The molecule has 0 unspecified atom stereocenters. The molecule has 3 N–H and O–H groups in total. The Balaban J connectivity index is 2.67. The highest BCUT2D eigenvalue weighted by atomic mass is 32.2. The van der Waals surface area contributed by atoms with E-state index in [0.29, 0.717) is 0 Å². The van der Waals surface area contributed by atoms with E-state index in [9.17, 15) is 16.8 Å². The van der Waals surface area contributed by atoms with Crippen molar-refractivity contribution in [1.82, 2.24) is 9.66 Å². The van der Waals surface area contributed by atoms with E-state index in [2.05, 4.69) is 4.18 Å². The van der Waals surface area contributed by atoms with Crippen LogP contribution in [-0.2, 0) is 20.6 Å². The molecular formula is C6H8N2O6S2. The second-order valence-electron chi connectivity index (χ2n) is 2.53. The van der Waals surface area contributed by atoms with Crippen LogP contribution in [0.5, 0.6) is 5.75 Å². The Morgan fingerprint density at radius 2 is 1.56 bits per heavy atom. The van der Waals surface area contributed by atoms with Crippen molar-refractivity contribution in [2.75, 3.05) is 0 Å². The molecule has 0 radical (unpaired) electrons. The van der Waals surface area contributed by atoms with E-state index in [0.717, 1.165) is 4.83 Å². The maximum Gasteiger partial charge on any atom is 0.396 e. The summed E-state index contributed by atoms with van der Waals surface area (Å²) in [4.78, 5) is 2.46. The van der Waals surface area contributed by atoms with Gasteiger partial charge >= 0.3 is 20.6 Å². The quantitative estimate of drug-likeness (QED) is 0.475. The largest absolute Gasteiger partial charge is 0.396 e. The highest BCUT2D eigenvalue weighted by Crippen LogP contribution is 2.09. The predicted molar refractivity (Wildman–Crippen MR) is 53.8 cm³/mol. The van der Waals surface area contributed by atoms with E-state index in [-0.39, 0.29) is 5.75 Å². The lowest BCUT2D eigenvalue weighted by Gasteiger charge is -2.06. The topological polar surface area (TPSA) is 122 Å². The van der Waals surface area contributed by atoms with Gasteiger partial charge in [0.1, 0.15) is 5.75 Å². The van der Waals surface area contributed by atoms with E-state index in [1.807, 2.05) is 0 Å². The molecule has 0 bridgehead atoms. The third-order valence-corrected chi connectivity index (χ3v) is 2.50. The first kappa shape index (κ1) is 12.9. The molecule has 0 aliphatic carbocycles. The number of nitrogens with one attached hydrogen (secondary N) is 2. The summed E-state index contributed by atoms with van der Waals surface area (Å²) in [6, 6.07) is 7.41. The summed E-state index contributed by atoms with van der Waals surface area (Å²) in [5.41, 5.74) is 0. The predicted octanol–water partition coefficient (Wildman–Crippen LogP) is -0.793. The average molecular weight is 268 g/mol. The lowest BCUT2D eigenvalue weighted by atomic mass is 10.3. The molecule has 1 rings (SSSR count). The van der Waals surface area contributed by atoms with Gasteiger partial charge in [-0.05, 0) is 12.1 Å². The molecule has 0 saturated carbocycles. The fourth-order valence-corrected chi connectivity index (χ4v) is 1.96. The molecule has 0 spiro atoms. The van der Waals surface area contributed by atoms with Crippen molar-refractivity contribution in [3.8, 4) is 5.75 Å². The van der Waals surface area contributed by atoms with E-state index in [1.54, 1.807) is 6.07 Å². The minimum Gasteiger partial charge on any atom is -0.370 e. The Morgan fingerprint density at radius 1 is 1.00 bits per heavy atom. The van der Waals surface area contributed by atoms with Crippen LogP contribution in [0.4, 0.5) is 0 Å². The second kappa shape index (κ2) is 4.76. The molecule has 16 heavy (non-hydrogen) atoms. The van der Waals surface area contributed by atoms with Gasteiger partial charge in [0, 0.05) is 0 Å². The molecule has 1 aromatic carbocycles. The maximum absolute atomic E-state index is 11.1. The number of rotatable bonds is 5. The Labute approximate surface area is 92.3 Å². The minimum atomic E-state index is -4.67. The van der Waals surface area contributed by atoms with E-state index < -0.39 is 20.6 Å². The maximum atomic E-state index is 11.1. The van der Waals surface area contributed by atoms with Gasteiger partial charge in [-0.2, -0.15) is 16.8 Å². The van der Waals surface area contributed by atoms with Crippen molar-refractivity contribution in [3.05, 3.63) is 30.3 Å². The number of benzene rings is 1. The van der Waals surface area contributed by atoms with Gasteiger partial charge in [-0.1, -0.05) is 18.2 Å². The Bertz CT molecular complexity index is 538. The van der Waals surface area contributed by atoms with Gasteiger partial charge in [0.25, 0.3) is 0 Å². The van der Waals surface area contributed by atoms with Gasteiger partial charge in [-0.25, -0.2) is 0 Å². The molecular weight excluding hydrogens is 260 g/mol. The van der Waals surface area contributed by atoms with Crippen LogP contribution in [0, 0.1) is 0 Å². The number of hydrogen-bond donors (Lipinski definition) is 3. The Morgan fingerprint density at radius 3 is 2.06 bits per heavy atom. The first-order chi connectivity index (χ1) is 7.29. The molecule has 10 heteroatoms. The third-order valence-electron chi connectivity index (χ3n) is 1.24. The molecule has 0 atom stereocenters. The van der Waals surface area contributed by atoms with Crippen molar-refractivity contribution in [2.45, 2.75) is 0 Å². The molecule has 0 aromatic heterocycles. The van der Waals surface area contributed by atoms with Crippen molar-refractivity contribution in [2.24, 2.45) is 0 Å². The van der Waals surface area contributed by atoms with Crippen molar-refractivity contribution in [1.29, 1.82) is 0 Å². The number of para-hydroxylation sites is 1. The van der Waals surface area contributed by atoms with Crippen LogP contribution < -0.4 is 13.8 Å². The van der Waals surface area contributed by atoms with E-state index >= 15 is 0 Å². The highest BCUT2D eigenvalue weighted by Gasteiger charge is 2.14. The van der Waals surface area contributed by atoms with Gasteiger partial charge in [-0.3, -0.25) is 4.55 Å². The Hall–Kier alpha value is -1.20. The standard InChI is InChI=1S/C6H8N2O6S2/c9-15(10,11)7-8-16(12,13)14-6-4-2-1-3-5-6/h1-5,7-8H,(H,9,10,11). The molecule has 90 valence electrons. The Kier molecular flexibility index (Phi) is 3.83. The molecule has 0 aliphatic rings. The van der Waals surface area contributed by atoms with Crippen LogP contribution in [-0.4, -0.2) is 21.4 Å². The van der Waals surface area contributed by atoms with Crippen LogP contribution in [0.3, 0.4) is 0 Å². The van der Waals surface area contributed by atoms with Crippen molar-refractivity contribution < 1.29 is 25.6 Å². The zero-order valence-electron chi connectivity index (χ0n) is 7.69. The van der Waals surface area contributed by atoms with Crippen LogP contribution in [0.2, 0.25) is 0 Å². The first-order valence-corrected chi connectivity index (χ1v) is 6.64. The lowest BCUT2D eigenvalue weighted by Crippen LogP contribution is -2.43. The fourth-order valence-electron chi connectivity index (χ4n) is 0.727. The zero-order chi connectivity index (χ0) is 12.2. The summed E-state index contributed by atoms with van der Waals surface area (Å²) in [6.07, 6.45) is 0. The summed E-state index contributed by atoms with van der Waals surface area (Å²) in [5, 5.41) is 0. The monoisotopic (exact) mass is 268 g/mol. The van der Waals surface area contributed by atoms with E-state index in [4.69, 9.17) is 4.55 Å². The van der Waals surface area contributed by atoms with Crippen LogP contribution in [0.1, 0.15) is 0 Å². The summed E-state index contributed by atoms with van der Waals surface area (Å²) < 4.78 is 55.2. The summed E-state index contributed by atoms with van der Waals surface area (Å²) in [7, 11) is -9.04. The third kappa shape index (κ3) is 5.04. The lowest BCUT2D eigenvalue weighted by molar-refractivity contribution is 0.442. The molecule has 0 amide bonds. The summed E-state index contributed by atoms with van der Waals surface area (Å²) in [5.74, 6) is -0.00728. The molecule has 8 nitrogen and oxygen atoms in total. The summed E-state index contributed by atoms with van der Waals surface area (Å²) >= 11 is 0. The SMILES string of the molecule is O=S(=O)(O)NNS(=O)(=O)Oc1ccccc1. The molecule has 0 heterocycles. The molecule has 1 aromatic rings. The van der Waals surface area contributed by atoms with Crippen molar-refractivity contribution in [3.63, 3.8) is 0 Å². The number of hydrazine groups is 1. The smallest absolute Gasteiger partial charge is 0.370 e. The summed E-state index contributed by atoms with van der Waals surface area (Å²) in [6.45, 7) is 0. The van der Waals surface area contributed by atoms with Crippen LogP contribution >= 0.6 is 0 Å². The second-order valence-corrected chi connectivity index (χ2v) is 4.96. The molecule has 0 saturated heterocycles. The van der Waals surface area contributed by atoms with Gasteiger partial charge in [0.05, 0.1) is 0 Å². The minimum absolute atomic E-state index is 0.00728. The van der Waals surface area contributed by atoms with Crippen LogP contribution in [0.15, 0.2) is 30.3 Å².